The summed E-state index contributed by atoms with van der Waals surface area (Å²) in [6.45, 7) is 4.46. The molecular weight excluding hydrogens is 296 g/mol. The van der Waals surface area contributed by atoms with Crippen LogP contribution >= 0.6 is 28.1 Å². The minimum absolute atomic E-state index is 0.456. The number of aromatic nitrogens is 2. The number of aromatic amines is 1. The molecule has 0 saturated carbocycles. The predicted octanol–water partition coefficient (Wildman–Crippen LogP) is 5.21. The van der Waals surface area contributed by atoms with Crippen molar-refractivity contribution in [3.8, 4) is 0 Å². The van der Waals surface area contributed by atoms with Crippen LogP contribution in [0.1, 0.15) is 39.2 Å². The average Bonchev–Trinajstić information content (AvgIpc) is 2.61. The monoisotopic (exact) mass is 312 g/mol. The highest BCUT2D eigenvalue weighted by atomic mass is 79.9. The van der Waals surface area contributed by atoms with Crippen molar-refractivity contribution in [3.63, 3.8) is 0 Å². The van der Waals surface area contributed by atoms with E-state index >= 15 is 0 Å². The Morgan fingerprint density at radius 3 is 2.94 bits per heavy atom. The van der Waals surface area contributed by atoms with Crippen LogP contribution in [0.4, 0.5) is 0 Å². The number of hydrogen-bond acceptors (Lipinski definition) is 1. The highest BCUT2D eigenvalue weighted by Gasteiger charge is 2.10. The standard InChI is InChI=1S/C13H17BrN2S/c1-3-4-5-9(2)16-12-7-6-10(14)8-11(12)15-13(16)17/h6-9H,3-5H2,1-2H3,(H,15,17). The summed E-state index contributed by atoms with van der Waals surface area (Å²) in [5.41, 5.74) is 2.30. The summed E-state index contributed by atoms with van der Waals surface area (Å²) in [5, 5.41) is 0. The molecule has 4 heteroatoms. The molecule has 0 radical (unpaired) electrons. The molecule has 1 N–H and O–H groups in total. The van der Waals surface area contributed by atoms with Crippen LogP contribution in [0.25, 0.3) is 11.0 Å². The smallest absolute Gasteiger partial charge is 0.178 e. The Morgan fingerprint density at radius 2 is 2.24 bits per heavy atom. The van der Waals surface area contributed by atoms with Crippen LogP contribution in [-0.4, -0.2) is 9.55 Å². The van der Waals surface area contributed by atoms with Gasteiger partial charge in [0.2, 0.25) is 0 Å². The van der Waals surface area contributed by atoms with Crippen LogP contribution < -0.4 is 0 Å². The fourth-order valence-corrected chi connectivity index (χ4v) is 2.92. The SMILES string of the molecule is CCCCC(C)n1c(=S)[nH]c2cc(Br)ccc21. The van der Waals surface area contributed by atoms with Crippen LogP contribution in [0.5, 0.6) is 0 Å². The molecule has 92 valence electrons. The lowest BCUT2D eigenvalue weighted by molar-refractivity contribution is 0.491. The predicted molar refractivity (Wildman–Crippen MR) is 79.1 cm³/mol. The van der Waals surface area contributed by atoms with Gasteiger partial charge in [-0.05, 0) is 43.8 Å². The van der Waals surface area contributed by atoms with Crippen LogP contribution in [0, 0.1) is 4.77 Å². The minimum Gasteiger partial charge on any atom is -0.331 e. The molecule has 2 rings (SSSR count). The number of hydrogen-bond donors (Lipinski definition) is 1. The fraction of sp³-hybridized carbons (Fsp3) is 0.462. The lowest BCUT2D eigenvalue weighted by Gasteiger charge is -2.13. The molecular formula is C13H17BrN2S. The van der Waals surface area contributed by atoms with Crippen molar-refractivity contribution in [1.29, 1.82) is 0 Å². The average molecular weight is 313 g/mol. The first-order chi connectivity index (χ1) is 8.13. The molecule has 0 aliphatic heterocycles. The van der Waals surface area contributed by atoms with Crippen molar-refractivity contribution in [1.82, 2.24) is 9.55 Å². The number of H-pyrrole nitrogens is 1. The Morgan fingerprint density at radius 1 is 1.47 bits per heavy atom. The first kappa shape index (κ1) is 12.8. The quantitative estimate of drug-likeness (QED) is 0.768. The van der Waals surface area contributed by atoms with Crippen molar-refractivity contribution in [2.45, 2.75) is 39.2 Å². The van der Waals surface area contributed by atoms with Gasteiger partial charge in [-0.2, -0.15) is 0 Å². The first-order valence-electron chi connectivity index (χ1n) is 6.03. The zero-order valence-corrected chi connectivity index (χ0v) is 12.6. The number of fused-ring (bicyclic) bond motifs is 1. The van der Waals surface area contributed by atoms with Gasteiger partial charge in [0.05, 0.1) is 11.0 Å². The molecule has 0 fully saturated rings. The zero-order valence-electron chi connectivity index (χ0n) is 10.2. The maximum absolute atomic E-state index is 5.41. The summed E-state index contributed by atoms with van der Waals surface area (Å²) >= 11 is 8.90. The molecule has 0 aliphatic rings. The van der Waals surface area contributed by atoms with Crippen LogP contribution in [0.3, 0.4) is 0 Å². The summed E-state index contributed by atoms with van der Waals surface area (Å²) in [6.07, 6.45) is 3.64. The van der Waals surface area contributed by atoms with Gasteiger partial charge < -0.3 is 9.55 Å². The molecule has 0 saturated heterocycles. The molecule has 0 bridgehead atoms. The second-order valence-corrected chi connectivity index (χ2v) is 5.76. The molecule has 0 amide bonds. The third-order valence-electron chi connectivity index (χ3n) is 3.09. The molecule has 17 heavy (non-hydrogen) atoms. The van der Waals surface area contributed by atoms with E-state index in [0.717, 1.165) is 14.8 Å². The lowest BCUT2D eigenvalue weighted by atomic mass is 10.1. The Hall–Kier alpha value is -0.610. The van der Waals surface area contributed by atoms with Crippen molar-refractivity contribution in [2.75, 3.05) is 0 Å². The summed E-state index contributed by atoms with van der Waals surface area (Å²) < 4.78 is 4.13. The Labute approximate surface area is 115 Å². The number of rotatable bonds is 4. The van der Waals surface area contributed by atoms with Gasteiger partial charge in [0.15, 0.2) is 4.77 Å². The minimum atomic E-state index is 0.456. The lowest BCUT2D eigenvalue weighted by Crippen LogP contribution is -2.04. The second kappa shape index (κ2) is 5.36. The number of benzene rings is 1. The van der Waals surface area contributed by atoms with E-state index in [1.54, 1.807) is 0 Å². The highest BCUT2D eigenvalue weighted by molar-refractivity contribution is 9.10. The van der Waals surface area contributed by atoms with Gasteiger partial charge in [-0.15, -0.1) is 0 Å². The van der Waals surface area contributed by atoms with E-state index in [1.807, 2.05) is 0 Å². The molecule has 2 aromatic rings. The fourth-order valence-electron chi connectivity index (χ4n) is 2.17. The largest absolute Gasteiger partial charge is 0.331 e. The maximum Gasteiger partial charge on any atom is 0.178 e. The molecule has 1 aromatic heterocycles. The Kier molecular flexibility index (Phi) is 4.05. The Balaban J connectivity index is 2.46. The molecule has 0 spiro atoms. The number of halogens is 1. The van der Waals surface area contributed by atoms with Gasteiger partial charge in [0.25, 0.3) is 0 Å². The van der Waals surface area contributed by atoms with E-state index in [4.69, 9.17) is 12.2 Å². The van der Waals surface area contributed by atoms with Crippen LogP contribution in [-0.2, 0) is 0 Å². The van der Waals surface area contributed by atoms with Crippen molar-refractivity contribution in [3.05, 3.63) is 27.4 Å². The number of unbranched alkanes of at least 4 members (excludes halogenated alkanes) is 1. The number of imidazole rings is 1. The van der Waals surface area contributed by atoms with Gasteiger partial charge in [-0.1, -0.05) is 35.7 Å². The molecule has 1 atom stereocenters. The second-order valence-electron chi connectivity index (χ2n) is 4.45. The number of nitrogens with zero attached hydrogens (tertiary/aromatic N) is 1. The van der Waals surface area contributed by atoms with E-state index in [2.05, 4.69) is 57.5 Å². The van der Waals surface area contributed by atoms with Crippen LogP contribution in [0.2, 0.25) is 0 Å². The summed E-state index contributed by atoms with van der Waals surface area (Å²) in [4.78, 5) is 3.27. The van der Waals surface area contributed by atoms with Crippen LogP contribution in [0.15, 0.2) is 22.7 Å². The summed E-state index contributed by atoms with van der Waals surface area (Å²) in [7, 11) is 0. The van der Waals surface area contributed by atoms with Crippen molar-refractivity contribution in [2.24, 2.45) is 0 Å². The van der Waals surface area contributed by atoms with E-state index in [1.165, 1.54) is 24.8 Å². The third kappa shape index (κ3) is 2.63. The van der Waals surface area contributed by atoms with Gasteiger partial charge in [0, 0.05) is 10.5 Å². The molecule has 1 unspecified atom stereocenters. The zero-order chi connectivity index (χ0) is 12.4. The summed E-state index contributed by atoms with van der Waals surface area (Å²) in [5.74, 6) is 0. The van der Waals surface area contributed by atoms with Gasteiger partial charge in [0.1, 0.15) is 0 Å². The van der Waals surface area contributed by atoms with Crippen molar-refractivity contribution >= 4 is 39.2 Å². The van der Waals surface area contributed by atoms with E-state index in [9.17, 15) is 0 Å². The van der Waals surface area contributed by atoms with E-state index in [-0.39, 0.29) is 0 Å². The van der Waals surface area contributed by atoms with Gasteiger partial charge in [-0.3, -0.25) is 0 Å². The maximum atomic E-state index is 5.41. The third-order valence-corrected chi connectivity index (χ3v) is 3.89. The normalized spacial score (nSPS) is 13.1. The molecule has 1 aromatic carbocycles. The topological polar surface area (TPSA) is 20.7 Å². The molecule has 2 nitrogen and oxygen atoms in total. The Bertz CT molecular complexity index is 570. The van der Waals surface area contributed by atoms with Crippen molar-refractivity contribution < 1.29 is 0 Å². The molecule has 0 aliphatic carbocycles. The van der Waals surface area contributed by atoms with Gasteiger partial charge in [-0.25, -0.2) is 0 Å². The molecule has 1 heterocycles. The number of nitrogens with one attached hydrogen (secondary N) is 1. The highest BCUT2D eigenvalue weighted by Crippen LogP contribution is 2.24. The van der Waals surface area contributed by atoms with Gasteiger partial charge >= 0.3 is 0 Å². The summed E-state index contributed by atoms with van der Waals surface area (Å²) in [6, 6.07) is 6.72. The first-order valence-corrected chi connectivity index (χ1v) is 7.23. The van der Waals surface area contributed by atoms with E-state index in [0.29, 0.717) is 6.04 Å². The van der Waals surface area contributed by atoms with E-state index < -0.39 is 0 Å².